The predicted octanol–water partition coefficient (Wildman–Crippen LogP) is 4.17. The molecule has 0 saturated heterocycles. The summed E-state index contributed by atoms with van der Waals surface area (Å²) in [5.41, 5.74) is 0.566. The maximum atomic E-state index is 11.2. The summed E-state index contributed by atoms with van der Waals surface area (Å²) in [4.78, 5) is 0. The maximum absolute atomic E-state index is 11.2. The van der Waals surface area contributed by atoms with Crippen LogP contribution in [0.1, 0.15) is 73.6 Å². The SMILES string of the molecule is CCC(C)(C)C1CCC(OCNS(C)(=O)=O)C(C(C)(C)CC)C1. The molecule has 3 unspecified atom stereocenters. The van der Waals surface area contributed by atoms with Gasteiger partial charge >= 0.3 is 0 Å². The minimum Gasteiger partial charge on any atom is -0.362 e. The second kappa shape index (κ2) is 7.83. The van der Waals surface area contributed by atoms with Crippen molar-refractivity contribution in [3.05, 3.63) is 0 Å². The van der Waals surface area contributed by atoms with Gasteiger partial charge in [0.1, 0.15) is 6.73 Å². The third-order valence-electron chi connectivity index (χ3n) is 6.34. The van der Waals surface area contributed by atoms with E-state index in [-0.39, 0.29) is 18.2 Å². The Morgan fingerprint density at radius 3 is 2.09 bits per heavy atom. The third kappa shape index (κ3) is 6.02. The average Bonchev–Trinajstić information content (AvgIpc) is 2.46. The first-order valence-electron chi connectivity index (χ1n) is 8.99. The highest BCUT2D eigenvalue weighted by Crippen LogP contribution is 2.49. The van der Waals surface area contributed by atoms with Crippen LogP contribution >= 0.6 is 0 Å². The molecule has 4 nitrogen and oxygen atoms in total. The van der Waals surface area contributed by atoms with E-state index in [4.69, 9.17) is 4.74 Å². The molecule has 138 valence electrons. The zero-order valence-corrected chi connectivity index (χ0v) is 16.9. The summed E-state index contributed by atoms with van der Waals surface area (Å²) in [5.74, 6) is 1.18. The Hall–Kier alpha value is -0.130. The predicted molar refractivity (Wildman–Crippen MR) is 96.7 cm³/mol. The summed E-state index contributed by atoms with van der Waals surface area (Å²) < 4.78 is 30.9. The van der Waals surface area contributed by atoms with Gasteiger partial charge in [-0.1, -0.05) is 54.4 Å². The number of hydrogen-bond acceptors (Lipinski definition) is 3. The van der Waals surface area contributed by atoms with E-state index in [0.29, 0.717) is 17.3 Å². The molecule has 0 bridgehead atoms. The van der Waals surface area contributed by atoms with Crippen molar-refractivity contribution in [3.63, 3.8) is 0 Å². The first kappa shape index (κ1) is 20.9. The Kier molecular flexibility index (Phi) is 7.12. The molecule has 0 aromatic rings. The molecule has 0 aliphatic heterocycles. The molecule has 0 aromatic heterocycles. The number of ether oxygens (including phenoxy) is 1. The summed E-state index contributed by atoms with van der Waals surface area (Å²) in [7, 11) is -3.20. The lowest BCUT2D eigenvalue weighted by Gasteiger charge is -2.48. The Labute approximate surface area is 143 Å². The van der Waals surface area contributed by atoms with E-state index >= 15 is 0 Å². The standard InChI is InChI=1S/C18H37NO3S/c1-8-17(3,4)14-10-11-16(22-13-19-23(7,20)21)15(12-14)18(5,6)9-2/h14-16,19H,8-13H2,1-7H3. The van der Waals surface area contributed by atoms with E-state index in [1.807, 2.05) is 0 Å². The molecule has 1 fully saturated rings. The van der Waals surface area contributed by atoms with Gasteiger partial charge in [0, 0.05) is 0 Å². The zero-order valence-electron chi connectivity index (χ0n) is 16.1. The molecule has 0 aromatic carbocycles. The Bertz CT molecular complexity index is 471. The smallest absolute Gasteiger partial charge is 0.210 e. The third-order valence-corrected chi connectivity index (χ3v) is 6.98. The quantitative estimate of drug-likeness (QED) is 0.671. The lowest BCUT2D eigenvalue weighted by molar-refractivity contribution is -0.0808. The molecule has 5 heteroatoms. The van der Waals surface area contributed by atoms with Crippen LogP contribution in [0.4, 0.5) is 0 Å². The minimum atomic E-state index is -3.20. The van der Waals surface area contributed by atoms with Gasteiger partial charge in [0.2, 0.25) is 10.0 Å². The van der Waals surface area contributed by atoms with E-state index in [0.717, 1.165) is 12.8 Å². The van der Waals surface area contributed by atoms with Crippen LogP contribution in [0, 0.1) is 22.7 Å². The highest BCUT2D eigenvalue weighted by atomic mass is 32.2. The van der Waals surface area contributed by atoms with E-state index in [1.165, 1.54) is 25.5 Å². The van der Waals surface area contributed by atoms with Crippen LogP contribution in [0.15, 0.2) is 0 Å². The van der Waals surface area contributed by atoms with Crippen LogP contribution in [0.25, 0.3) is 0 Å². The van der Waals surface area contributed by atoms with Crippen molar-refractivity contribution in [3.8, 4) is 0 Å². The fraction of sp³-hybridized carbons (Fsp3) is 1.00. The van der Waals surface area contributed by atoms with Gasteiger partial charge in [-0.2, -0.15) is 4.72 Å². The first-order chi connectivity index (χ1) is 10.4. The molecule has 1 aliphatic rings. The number of hydrogen-bond donors (Lipinski definition) is 1. The van der Waals surface area contributed by atoms with Crippen LogP contribution in [0.5, 0.6) is 0 Å². The van der Waals surface area contributed by atoms with Crippen molar-refractivity contribution < 1.29 is 13.2 Å². The van der Waals surface area contributed by atoms with Gasteiger partial charge in [-0.05, 0) is 41.9 Å². The molecule has 0 amide bonds. The van der Waals surface area contributed by atoms with Crippen molar-refractivity contribution in [2.75, 3.05) is 13.0 Å². The van der Waals surface area contributed by atoms with Gasteiger partial charge in [-0.3, -0.25) is 0 Å². The summed E-state index contributed by atoms with van der Waals surface area (Å²) in [6.07, 6.45) is 6.97. The lowest BCUT2D eigenvalue weighted by atomic mass is 9.60. The van der Waals surface area contributed by atoms with Gasteiger partial charge in [-0.15, -0.1) is 0 Å². The van der Waals surface area contributed by atoms with Gasteiger partial charge in [0.15, 0.2) is 0 Å². The van der Waals surface area contributed by atoms with Crippen molar-refractivity contribution in [1.82, 2.24) is 4.72 Å². The molecule has 1 aliphatic carbocycles. The number of nitrogens with one attached hydrogen (secondary N) is 1. The molecule has 1 saturated carbocycles. The van der Waals surface area contributed by atoms with Crippen molar-refractivity contribution in [1.29, 1.82) is 0 Å². The summed E-state index contributed by atoms with van der Waals surface area (Å²) in [5, 5.41) is 0. The largest absolute Gasteiger partial charge is 0.362 e. The van der Waals surface area contributed by atoms with Gasteiger partial charge in [0.25, 0.3) is 0 Å². The van der Waals surface area contributed by atoms with Crippen LogP contribution < -0.4 is 4.72 Å². The van der Waals surface area contributed by atoms with Crippen LogP contribution in [0.2, 0.25) is 0 Å². The van der Waals surface area contributed by atoms with Gasteiger partial charge in [0.05, 0.1) is 12.4 Å². The van der Waals surface area contributed by atoms with Crippen LogP contribution in [0.3, 0.4) is 0 Å². The van der Waals surface area contributed by atoms with E-state index < -0.39 is 10.0 Å². The second-order valence-corrected chi connectivity index (χ2v) is 10.4. The molecule has 1 N–H and O–H groups in total. The number of rotatable bonds is 8. The first-order valence-corrected chi connectivity index (χ1v) is 10.9. The van der Waals surface area contributed by atoms with Crippen molar-refractivity contribution in [2.24, 2.45) is 22.7 Å². The molecule has 23 heavy (non-hydrogen) atoms. The fourth-order valence-electron chi connectivity index (χ4n) is 3.67. The topological polar surface area (TPSA) is 55.4 Å². The van der Waals surface area contributed by atoms with Crippen LogP contribution in [-0.4, -0.2) is 27.5 Å². The highest BCUT2D eigenvalue weighted by molar-refractivity contribution is 7.88. The minimum absolute atomic E-state index is 0.0850. The Morgan fingerprint density at radius 1 is 1.04 bits per heavy atom. The molecular formula is C18H37NO3S. The molecule has 0 radical (unpaired) electrons. The molecule has 0 heterocycles. The normalized spacial score (nSPS) is 27.2. The maximum Gasteiger partial charge on any atom is 0.210 e. The van der Waals surface area contributed by atoms with E-state index in [1.54, 1.807) is 0 Å². The molecule has 3 atom stereocenters. The van der Waals surface area contributed by atoms with Gasteiger partial charge in [-0.25, -0.2) is 8.42 Å². The highest BCUT2D eigenvalue weighted by Gasteiger charge is 2.43. The van der Waals surface area contributed by atoms with Crippen molar-refractivity contribution >= 4 is 10.0 Å². The summed E-state index contributed by atoms with van der Waals surface area (Å²) >= 11 is 0. The average molecular weight is 348 g/mol. The Balaban J connectivity index is 2.82. The van der Waals surface area contributed by atoms with Crippen molar-refractivity contribution in [2.45, 2.75) is 79.8 Å². The number of sulfonamides is 1. The summed E-state index contributed by atoms with van der Waals surface area (Å²) in [6.45, 7) is 14.0. The monoisotopic (exact) mass is 347 g/mol. The summed E-state index contributed by atoms with van der Waals surface area (Å²) in [6, 6.07) is 0. The lowest BCUT2D eigenvalue weighted by Crippen LogP contribution is -2.44. The van der Waals surface area contributed by atoms with E-state index in [9.17, 15) is 8.42 Å². The van der Waals surface area contributed by atoms with Crippen LogP contribution in [-0.2, 0) is 14.8 Å². The second-order valence-electron chi connectivity index (χ2n) is 8.57. The van der Waals surface area contributed by atoms with Gasteiger partial charge < -0.3 is 4.74 Å². The zero-order chi connectivity index (χ0) is 17.9. The Morgan fingerprint density at radius 2 is 1.61 bits per heavy atom. The fourth-order valence-corrected chi connectivity index (χ4v) is 3.96. The van der Waals surface area contributed by atoms with E-state index in [2.05, 4.69) is 46.3 Å². The molecular weight excluding hydrogens is 310 g/mol. The molecule has 1 rings (SSSR count). The molecule has 0 spiro atoms.